The highest BCUT2D eigenvalue weighted by Gasteiger charge is 2.14. The average molecular weight is 464 g/mol. The second-order valence-corrected chi connectivity index (χ2v) is 6.80. The summed E-state index contributed by atoms with van der Waals surface area (Å²) in [5.74, 6) is 1.27. The minimum atomic E-state index is -0.406. The molecule has 2 aromatic rings. The molecule has 122 valence electrons. The van der Waals surface area contributed by atoms with Gasteiger partial charge in [-0.3, -0.25) is 10.1 Å². The van der Waals surface area contributed by atoms with E-state index < -0.39 is 4.92 Å². The third kappa shape index (κ3) is 4.93. The standard InChI is InChI=1S/C16H14Br2ClNO3/c17-7-5-11-1-2-13(19)10-16(11)23-15-4-3-14(20(21)22)9-12(15)6-8-18/h1-4,9-10H,5-8H2. The molecule has 0 spiro atoms. The maximum Gasteiger partial charge on any atom is 0.269 e. The van der Waals surface area contributed by atoms with Crippen LogP contribution >= 0.6 is 43.5 Å². The van der Waals surface area contributed by atoms with Crippen molar-refractivity contribution in [3.05, 3.63) is 62.7 Å². The molecule has 0 N–H and O–H groups in total. The molecule has 23 heavy (non-hydrogen) atoms. The van der Waals surface area contributed by atoms with E-state index in [0.717, 1.165) is 22.9 Å². The number of rotatable bonds is 7. The molecule has 0 bridgehead atoms. The number of halogens is 3. The van der Waals surface area contributed by atoms with Crippen LogP contribution in [0.25, 0.3) is 0 Å². The lowest BCUT2D eigenvalue weighted by Crippen LogP contribution is -1.98. The molecule has 0 saturated carbocycles. The van der Waals surface area contributed by atoms with Crippen molar-refractivity contribution in [1.82, 2.24) is 0 Å². The van der Waals surface area contributed by atoms with Crippen LogP contribution in [0, 0.1) is 10.1 Å². The topological polar surface area (TPSA) is 52.4 Å². The van der Waals surface area contributed by atoms with E-state index in [1.165, 1.54) is 6.07 Å². The number of nitrogens with zero attached hydrogens (tertiary/aromatic N) is 1. The van der Waals surface area contributed by atoms with Crippen LogP contribution < -0.4 is 4.74 Å². The SMILES string of the molecule is O=[N+]([O-])c1ccc(Oc2cc(Cl)ccc2CCBr)c(CCBr)c1. The minimum absolute atomic E-state index is 0.0556. The van der Waals surface area contributed by atoms with Gasteiger partial charge in [0.05, 0.1) is 4.92 Å². The number of ether oxygens (including phenoxy) is 1. The van der Waals surface area contributed by atoms with Crippen LogP contribution in [-0.4, -0.2) is 15.6 Å². The molecule has 0 heterocycles. The maximum atomic E-state index is 10.9. The van der Waals surface area contributed by atoms with Gasteiger partial charge in [0.15, 0.2) is 0 Å². The molecular formula is C16H14Br2ClNO3. The minimum Gasteiger partial charge on any atom is -0.457 e. The van der Waals surface area contributed by atoms with Crippen molar-refractivity contribution >= 4 is 49.1 Å². The van der Waals surface area contributed by atoms with Crippen LogP contribution in [0.1, 0.15) is 11.1 Å². The van der Waals surface area contributed by atoms with Crippen molar-refractivity contribution in [2.75, 3.05) is 10.7 Å². The fourth-order valence-electron chi connectivity index (χ4n) is 2.13. The Morgan fingerprint density at radius 2 is 1.70 bits per heavy atom. The third-order valence-electron chi connectivity index (χ3n) is 3.23. The number of alkyl halides is 2. The summed E-state index contributed by atoms with van der Waals surface area (Å²) in [6, 6.07) is 10.1. The molecule has 0 atom stereocenters. The second-order valence-electron chi connectivity index (χ2n) is 4.78. The van der Waals surface area contributed by atoms with Gasteiger partial charge in [0.2, 0.25) is 0 Å². The normalized spacial score (nSPS) is 10.6. The first kappa shape index (κ1) is 18.2. The summed E-state index contributed by atoms with van der Waals surface area (Å²) in [5.41, 5.74) is 1.86. The van der Waals surface area contributed by atoms with Crippen LogP contribution in [0.4, 0.5) is 5.69 Å². The van der Waals surface area contributed by atoms with Gasteiger partial charge in [-0.25, -0.2) is 0 Å². The molecule has 7 heteroatoms. The summed E-state index contributed by atoms with van der Waals surface area (Å²) in [7, 11) is 0. The highest BCUT2D eigenvalue weighted by atomic mass is 79.9. The summed E-state index contributed by atoms with van der Waals surface area (Å²) < 4.78 is 6.01. The molecule has 0 aliphatic carbocycles. The molecule has 0 saturated heterocycles. The van der Waals surface area contributed by atoms with Crippen LogP contribution in [0.15, 0.2) is 36.4 Å². The quantitative estimate of drug-likeness (QED) is 0.291. The van der Waals surface area contributed by atoms with Crippen molar-refractivity contribution in [3.63, 3.8) is 0 Å². The smallest absolute Gasteiger partial charge is 0.269 e. The van der Waals surface area contributed by atoms with Crippen molar-refractivity contribution in [3.8, 4) is 11.5 Å². The first-order valence-electron chi connectivity index (χ1n) is 6.90. The van der Waals surface area contributed by atoms with Crippen LogP contribution in [0.5, 0.6) is 11.5 Å². The first-order valence-corrected chi connectivity index (χ1v) is 9.52. The van der Waals surface area contributed by atoms with Gasteiger partial charge in [0.25, 0.3) is 5.69 Å². The van der Waals surface area contributed by atoms with E-state index in [4.69, 9.17) is 16.3 Å². The molecule has 0 radical (unpaired) electrons. The van der Waals surface area contributed by atoms with Gasteiger partial charge in [-0.05, 0) is 36.6 Å². The first-order chi connectivity index (χ1) is 11.0. The van der Waals surface area contributed by atoms with E-state index in [0.29, 0.717) is 28.3 Å². The van der Waals surface area contributed by atoms with Gasteiger partial charge >= 0.3 is 0 Å². The van der Waals surface area contributed by atoms with Crippen LogP contribution in [-0.2, 0) is 12.8 Å². The molecule has 0 aliphatic rings. The molecule has 0 aromatic heterocycles. The predicted molar refractivity (Wildman–Crippen MR) is 99.6 cm³/mol. The molecule has 0 aliphatic heterocycles. The summed E-state index contributed by atoms with van der Waals surface area (Å²) in [6.07, 6.45) is 1.43. The largest absolute Gasteiger partial charge is 0.457 e. The number of aryl methyl sites for hydroxylation is 2. The van der Waals surface area contributed by atoms with Gasteiger partial charge in [0, 0.05) is 33.4 Å². The monoisotopic (exact) mass is 461 g/mol. The lowest BCUT2D eigenvalue weighted by molar-refractivity contribution is -0.384. The zero-order valence-corrected chi connectivity index (χ0v) is 16.0. The van der Waals surface area contributed by atoms with E-state index >= 15 is 0 Å². The highest BCUT2D eigenvalue weighted by molar-refractivity contribution is 9.09. The van der Waals surface area contributed by atoms with Gasteiger partial charge < -0.3 is 4.74 Å². The zero-order chi connectivity index (χ0) is 16.8. The summed E-state index contributed by atoms with van der Waals surface area (Å²) in [5, 5.41) is 13.0. The molecule has 0 fully saturated rings. The van der Waals surface area contributed by atoms with Crippen molar-refractivity contribution in [1.29, 1.82) is 0 Å². The lowest BCUT2D eigenvalue weighted by atomic mass is 10.1. The molecule has 2 rings (SSSR count). The molecule has 2 aromatic carbocycles. The van der Waals surface area contributed by atoms with Gasteiger partial charge in [0.1, 0.15) is 11.5 Å². The Morgan fingerprint density at radius 1 is 1.00 bits per heavy atom. The number of hydrogen-bond donors (Lipinski definition) is 0. The van der Waals surface area contributed by atoms with Crippen LogP contribution in [0.3, 0.4) is 0 Å². The number of non-ortho nitro benzene ring substituents is 1. The maximum absolute atomic E-state index is 10.9. The van der Waals surface area contributed by atoms with E-state index in [1.807, 2.05) is 12.1 Å². The molecule has 0 unspecified atom stereocenters. The highest BCUT2D eigenvalue weighted by Crippen LogP contribution is 2.33. The third-order valence-corrected chi connectivity index (χ3v) is 4.26. The Kier molecular flexibility index (Phi) is 6.87. The van der Waals surface area contributed by atoms with Gasteiger partial charge in [-0.1, -0.05) is 49.5 Å². The fourth-order valence-corrected chi connectivity index (χ4v) is 3.14. The second kappa shape index (κ2) is 8.66. The van der Waals surface area contributed by atoms with Crippen molar-refractivity contribution in [2.24, 2.45) is 0 Å². The predicted octanol–water partition coefficient (Wildman–Crippen LogP) is 5.92. The molecule has 0 amide bonds. The molecule has 4 nitrogen and oxygen atoms in total. The summed E-state index contributed by atoms with van der Waals surface area (Å²) in [6.45, 7) is 0. The Bertz CT molecular complexity index is 710. The number of hydrogen-bond acceptors (Lipinski definition) is 3. The Hall–Kier alpha value is -1.11. The van der Waals surface area contributed by atoms with E-state index in [-0.39, 0.29) is 5.69 Å². The van der Waals surface area contributed by atoms with E-state index in [2.05, 4.69) is 31.9 Å². The lowest BCUT2D eigenvalue weighted by Gasteiger charge is -2.14. The van der Waals surface area contributed by atoms with Gasteiger partial charge in [-0.15, -0.1) is 0 Å². The van der Waals surface area contributed by atoms with Crippen molar-refractivity contribution in [2.45, 2.75) is 12.8 Å². The summed E-state index contributed by atoms with van der Waals surface area (Å²) >= 11 is 12.8. The number of nitro groups is 1. The number of benzene rings is 2. The van der Waals surface area contributed by atoms with E-state index in [9.17, 15) is 10.1 Å². The van der Waals surface area contributed by atoms with Crippen molar-refractivity contribution < 1.29 is 9.66 Å². The summed E-state index contributed by atoms with van der Waals surface area (Å²) in [4.78, 5) is 10.5. The van der Waals surface area contributed by atoms with Gasteiger partial charge in [-0.2, -0.15) is 0 Å². The Morgan fingerprint density at radius 3 is 2.35 bits per heavy atom. The number of nitro benzene ring substituents is 1. The van der Waals surface area contributed by atoms with E-state index in [1.54, 1.807) is 18.2 Å². The Balaban J connectivity index is 2.39. The van der Waals surface area contributed by atoms with Crippen LogP contribution in [0.2, 0.25) is 5.02 Å². The average Bonchev–Trinajstić information content (AvgIpc) is 2.52. The zero-order valence-electron chi connectivity index (χ0n) is 12.1. The molecular weight excluding hydrogens is 449 g/mol. The Labute approximate surface area is 156 Å². The fraction of sp³-hybridized carbons (Fsp3) is 0.250.